The fourth-order valence-electron chi connectivity index (χ4n) is 3.54. The molecular formula is C29H29NO2. The van der Waals surface area contributed by atoms with Gasteiger partial charge in [0, 0.05) is 12.7 Å². The van der Waals surface area contributed by atoms with Crippen LogP contribution in [-0.2, 0) is 26.1 Å². The highest BCUT2D eigenvalue weighted by Gasteiger charge is 2.09. The van der Waals surface area contributed by atoms with Gasteiger partial charge in [-0.1, -0.05) is 78.9 Å². The second-order valence-electron chi connectivity index (χ2n) is 7.78. The van der Waals surface area contributed by atoms with Crippen LogP contribution in [0.4, 0.5) is 5.69 Å². The van der Waals surface area contributed by atoms with Crippen LogP contribution in [0.3, 0.4) is 0 Å². The van der Waals surface area contributed by atoms with E-state index in [-0.39, 0.29) is 0 Å². The molecule has 0 spiro atoms. The average Bonchev–Trinajstić information content (AvgIpc) is 2.87. The van der Waals surface area contributed by atoms with Gasteiger partial charge in [0.2, 0.25) is 0 Å². The maximum absolute atomic E-state index is 6.20. The van der Waals surface area contributed by atoms with Gasteiger partial charge in [-0.2, -0.15) is 0 Å². The second kappa shape index (κ2) is 11.1. The Kier molecular flexibility index (Phi) is 7.43. The van der Waals surface area contributed by atoms with Crippen molar-refractivity contribution in [1.29, 1.82) is 0 Å². The first kappa shape index (κ1) is 21.5. The van der Waals surface area contributed by atoms with E-state index in [1.165, 1.54) is 11.1 Å². The fourth-order valence-corrected chi connectivity index (χ4v) is 3.54. The minimum atomic E-state index is 0.511. The smallest absolute Gasteiger partial charge is 0.161 e. The Morgan fingerprint density at radius 3 is 1.66 bits per heavy atom. The number of rotatable bonds is 10. The van der Waals surface area contributed by atoms with Gasteiger partial charge in [-0.05, 0) is 59.4 Å². The summed E-state index contributed by atoms with van der Waals surface area (Å²) in [6.45, 7) is 1.02. The first-order valence-corrected chi connectivity index (χ1v) is 11.0. The number of ether oxygens (including phenoxy) is 2. The first-order chi connectivity index (χ1) is 15.8. The van der Waals surface area contributed by atoms with E-state index in [1.807, 2.05) is 49.5 Å². The molecule has 0 atom stereocenters. The molecule has 0 aliphatic carbocycles. The molecule has 4 aromatic carbocycles. The highest BCUT2D eigenvalue weighted by Crippen LogP contribution is 2.30. The molecule has 0 fully saturated rings. The minimum absolute atomic E-state index is 0.511. The Morgan fingerprint density at radius 2 is 1.06 bits per heavy atom. The molecule has 4 aromatic rings. The normalized spacial score (nSPS) is 10.5. The van der Waals surface area contributed by atoms with Crippen LogP contribution in [-0.4, -0.2) is 7.05 Å². The largest absolute Gasteiger partial charge is 0.485 e. The molecule has 0 amide bonds. The summed E-state index contributed by atoms with van der Waals surface area (Å²) in [6, 6.07) is 35.3. The van der Waals surface area contributed by atoms with Gasteiger partial charge in [0.25, 0.3) is 0 Å². The van der Waals surface area contributed by atoms with Crippen molar-refractivity contribution in [3.63, 3.8) is 0 Å². The van der Waals surface area contributed by atoms with Crippen LogP contribution in [0.2, 0.25) is 0 Å². The van der Waals surface area contributed by atoms with Crippen molar-refractivity contribution in [2.75, 3.05) is 12.4 Å². The van der Waals surface area contributed by atoms with E-state index in [2.05, 4.69) is 66.0 Å². The molecule has 0 bridgehead atoms. The zero-order valence-corrected chi connectivity index (χ0v) is 18.5. The lowest BCUT2D eigenvalue weighted by atomic mass is 10.0. The summed E-state index contributed by atoms with van der Waals surface area (Å²) in [4.78, 5) is 0. The zero-order chi connectivity index (χ0) is 22.0. The Balaban J connectivity index is 1.46. The quantitative estimate of drug-likeness (QED) is 0.309. The van der Waals surface area contributed by atoms with Gasteiger partial charge in [-0.3, -0.25) is 0 Å². The number of hydrogen-bond acceptors (Lipinski definition) is 3. The van der Waals surface area contributed by atoms with Crippen molar-refractivity contribution in [1.82, 2.24) is 0 Å². The van der Waals surface area contributed by atoms with Gasteiger partial charge in [-0.25, -0.2) is 0 Å². The number of nitrogens with one attached hydrogen (secondary N) is 1. The summed E-state index contributed by atoms with van der Waals surface area (Å²) in [5, 5.41) is 3.16. The lowest BCUT2D eigenvalue weighted by Gasteiger charge is -2.15. The molecule has 3 nitrogen and oxygen atoms in total. The fraction of sp³-hybridized carbons (Fsp3) is 0.172. The average molecular weight is 424 g/mol. The molecular weight excluding hydrogens is 394 g/mol. The molecule has 0 saturated heterocycles. The van der Waals surface area contributed by atoms with E-state index < -0.39 is 0 Å². The molecule has 3 heteroatoms. The van der Waals surface area contributed by atoms with Crippen LogP contribution in [0.25, 0.3) is 0 Å². The summed E-state index contributed by atoms with van der Waals surface area (Å²) < 4.78 is 12.3. The summed E-state index contributed by atoms with van der Waals surface area (Å²) in [5.74, 6) is 1.56. The summed E-state index contributed by atoms with van der Waals surface area (Å²) in [5.41, 5.74) is 5.95. The maximum Gasteiger partial charge on any atom is 0.161 e. The van der Waals surface area contributed by atoms with Crippen LogP contribution in [0.15, 0.2) is 103 Å². The molecule has 0 aliphatic rings. The van der Waals surface area contributed by atoms with Crippen molar-refractivity contribution < 1.29 is 9.47 Å². The third-order valence-electron chi connectivity index (χ3n) is 5.43. The summed E-state index contributed by atoms with van der Waals surface area (Å²) in [7, 11) is 1.94. The Bertz CT molecular complexity index is 1090. The van der Waals surface area contributed by atoms with Gasteiger partial charge < -0.3 is 14.8 Å². The number of benzene rings is 4. The molecule has 0 saturated carbocycles. The van der Waals surface area contributed by atoms with Gasteiger partial charge in [0.1, 0.15) is 13.2 Å². The van der Waals surface area contributed by atoms with Gasteiger partial charge in [0.15, 0.2) is 11.5 Å². The van der Waals surface area contributed by atoms with E-state index in [0.717, 1.165) is 41.2 Å². The maximum atomic E-state index is 6.20. The number of aryl methyl sites for hydroxylation is 2. The van der Waals surface area contributed by atoms with Gasteiger partial charge in [-0.15, -0.1) is 0 Å². The minimum Gasteiger partial charge on any atom is -0.485 e. The van der Waals surface area contributed by atoms with Crippen LogP contribution in [0.5, 0.6) is 11.5 Å². The van der Waals surface area contributed by atoms with E-state index in [0.29, 0.717) is 13.2 Å². The van der Waals surface area contributed by atoms with Crippen LogP contribution in [0, 0.1) is 0 Å². The SMILES string of the molecule is CNc1ccc(CCc2ccc(OCc3ccccc3)c(OCc3ccccc3)c2)cc1. The van der Waals surface area contributed by atoms with E-state index in [9.17, 15) is 0 Å². The van der Waals surface area contributed by atoms with Crippen LogP contribution < -0.4 is 14.8 Å². The molecule has 4 rings (SSSR count). The van der Waals surface area contributed by atoms with Gasteiger partial charge in [0.05, 0.1) is 0 Å². The standard InChI is InChI=1S/C29H29NO2/c1-30-27-17-14-23(15-18-27)12-13-24-16-19-28(31-21-25-8-4-2-5-9-25)29(20-24)32-22-26-10-6-3-7-11-26/h2-11,14-20,30H,12-13,21-22H2,1H3. The molecule has 32 heavy (non-hydrogen) atoms. The molecule has 0 heterocycles. The van der Waals surface area contributed by atoms with Crippen LogP contribution in [0.1, 0.15) is 22.3 Å². The molecule has 0 unspecified atom stereocenters. The first-order valence-electron chi connectivity index (χ1n) is 11.0. The van der Waals surface area contributed by atoms with Crippen molar-refractivity contribution in [3.8, 4) is 11.5 Å². The molecule has 162 valence electrons. The van der Waals surface area contributed by atoms with Crippen LogP contribution >= 0.6 is 0 Å². The highest BCUT2D eigenvalue weighted by atomic mass is 16.5. The second-order valence-corrected chi connectivity index (χ2v) is 7.78. The zero-order valence-electron chi connectivity index (χ0n) is 18.5. The lowest BCUT2D eigenvalue weighted by molar-refractivity contribution is 0.255. The van der Waals surface area contributed by atoms with Gasteiger partial charge >= 0.3 is 0 Å². The predicted octanol–water partition coefficient (Wildman–Crippen LogP) is 6.67. The van der Waals surface area contributed by atoms with Crippen molar-refractivity contribution in [3.05, 3.63) is 125 Å². The molecule has 0 radical (unpaired) electrons. The topological polar surface area (TPSA) is 30.5 Å². The Morgan fingerprint density at radius 1 is 0.531 bits per heavy atom. The Labute approximate surface area is 190 Å². The third-order valence-corrected chi connectivity index (χ3v) is 5.43. The van der Waals surface area contributed by atoms with E-state index in [1.54, 1.807) is 0 Å². The third kappa shape index (κ3) is 6.14. The summed E-state index contributed by atoms with van der Waals surface area (Å²) in [6.07, 6.45) is 1.92. The molecule has 1 N–H and O–H groups in total. The molecule has 0 aliphatic heterocycles. The van der Waals surface area contributed by atoms with Crippen molar-refractivity contribution in [2.24, 2.45) is 0 Å². The van der Waals surface area contributed by atoms with E-state index in [4.69, 9.17) is 9.47 Å². The summed E-state index contributed by atoms with van der Waals surface area (Å²) >= 11 is 0. The van der Waals surface area contributed by atoms with E-state index >= 15 is 0 Å². The predicted molar refractivity (Wildman–Crippen MR) is 131 cm³/mol. The monoisotopic (exact) mass is 423 g/mol. The van der Waals surface area contributed by atoms with Crippen molar-refractivity contribution >= 4 is 5.69 Å². The molecule has 0 aromatic heterocycles. The highest BCUT2D eigenvalue weighted by molar-refractivity contribution is 5.45. The number of anilines is 1. The lowest BCUT2D eigenvalue weighted by Crippen LogP contribution is -2.02. The number of hydrogen-bond donors (Lipinski definition) is 1. The van der Waals surface area contributed by atoms with Crippen molar-refractivity contribution in [2.45, 2.75) is 26.1 Å². The Hall–Kier alpha value is -3.72.